The number of ether oxygens (including phenoxy) is 3. The topological polar surface area (TPSA) is 49.7 Å². The average molecular weight is 446 g/mol. The van der Waals surface area contributed by atoms with E-state index >= 15 is 0 Å². The maximum atomic E-state index is 12.9. The zero-order valence-corrected chi connectivity index (χ0v) is 18.3. The van der Waals surface area contributed by atoms with Gasteiger partial charge in [0.1, 0.15) is 23.9 Å². The van der Waals surface area contributed by atoms with Gasteiger partial charge in [0, 0.05) is 40.8 Å². The predicted molar refractivity (Wildman–Crippen MR) is 125 cm³/mol. The second-order valence-corrected chi connectivity index (χ2v) is 8.03. The average Bonchev–Trinajstić information content (AvgIpc) is 3.29. The number of aryl methyl sites for hydroxylation is 1. The summed E-state index contributed by atoms with van der Waals surface area (Å²) >= 11 is 5.92. The summed E-state index contributed by atoms with van der Waals surface area (Å²) in [6.45, 7) is 0.393. The molecule has 0 fully saturated rings. The Morgan fingerprint density at radius 2 is 1.81 bits per heavy atom. The van der Waals surface area contributed by atoms with Crippen molar-refractivity contribution >= 4 is 34.4 Å². The van der Waals surface area contributed by atoms with Crippen molar-refractivity contribution in [3.8, 4) is 17.2 Å². The number of carbonyl (C=O) groups is 1. The van der Waals surface area contributed by atoms with Gasteiger partial charge in [-0.05, 0) is 54.1 Å². The van der Waals surface area contributed by atoms with Crippen LogP contribution >= 0.6 is 11.6 Å². The normalized spacial score (nSPS) is 14.0. The monoisotopic (exact) mass is 445 g/mol. The summed E-state index contributed by atoms with van der Waals surface area (Å²) in [5, 5.41) is 1.67. The van der Waals surface area contributed by atoms with Crippen molar-refractivity contribution in [2.24, 2.45) is 7.05 Å². The van der Waals surface area contributed by atoms with Crippen LogP contribution in [0.3, 0.4) is 0 Å². The number of aromatic nitrogens is 1. The minimum atomic E-state index is -0.149. The molecule has 6 heteroatoms. The molecule has 0 saturated carbocycles. The number of fused-ring (bicyclic) bond motifs is 2. The van der Waals surface area contributed by atoms with Crippen LogP contribution in [0.25, 0.3) is 17.0 Å². The lowest BCUT2D eigenvalue weighted by atomic mass is 10.1. The molecule has 0 unspecified atom stereocenters. The Labute approximate surface area is 190 Å². The lowest BCUT2D eigenvalue weighted by Crippen LogP contribution is -1.98. The fourth-order valence-electron chi connectivity index (χ4n) is 3.79. The van der Waals surface area contributed by atoms with Gasteiger partial charge in [0.25, 0.3) is 0 Å². The van der Waals surface area contributed by atoms with Crippen LogP contribution in [0.5, 0.6) is 17.2 Å². The highest BCUT2D eigenvalue weighted by Gasteiger charge is 2.28. The third-order valence-corrected chi connectivity index (χ3v) is 5.73. The quantitative estimate of drug-likeness (QED) is 0.352. The maximum absolute atomic E-state index is 12.9. The molecule has 1 aliphatic rings. The summed E-state index contributed by atoms with van der Waals surface area (Å²) in [5.74, 6) is 2.01. The van der Waals surface area contributed by atoms with Gasteiger partial charge in [-0.25, -0.2) is 0 Å². The van der Waals surface area contributed by atoms with Crippen LogP contribution in [0, 0.1) is 0 Å². The molecule has 4 aromatic rings. The van der Waals surface area contributed by atoms with Crippen LogP contribution in [0.15, 0.2) is 72.6 Å². The Hall–Kier alpha value is -3.70. The molecule has 5 rings (SSSR count). The number of hydrogen-bond acceptors (Lipinski definition) is 4. The van der Waals surface area contributed by atoms with E-state index in [0.717, 1.165) is 27.8 Å². The van der Waals surface area contributed by atoms with E-state index in [9.17, 15) is 4.79 Å². The highest BCUT2D eigenvalue weighted by Crippen LogP contribution is 2.36. The molecule has 160 valence electrons. The first-order chi connectivity index (χ1) is 15.5. The maximum Gasteiger partial charge on any atom is 0.231 e. The molecule has 2 heterocycles. The number of benzene rings is 3. The predicted octanol–water partition coefficient (Wildman–Crippen LogP) is 6.04. The Balaban J connectivity index is 1.40. The van der Waals surface area contributed by atoms with E-state index in [1.807, 2.05) is 60.3 Å². The lowest BCUT2D eigenvalue weighted by molar-refractivity contribution is 0.101. The van der Waals surface area contributed by atoms with Gasteiger partial charge in [-0.3, -0.25) is 4.79 Å². The first-order valence-electron chi connectivity index (χ1n) is 10.1. The van der Waals surface area contributed by atoms with Gasteiger partial charge in [0.05, 0.1) is 12.7 Å². The van der Waals surface area contributed by atoms with E-state index < -0.39 is 0 Å². The zero-order chi connectivity index (χ0) is 22.2. The summed E-state index contributed by atoms with van der Waals surface area (Å²) in [5.41, 5.74) is 3.45. The molecule has 0 amide bonds. The third kappa shape index (κ3) is 3.72. The summed E-state index contributed by atoms with van der Waals surface area (Å²) < 4.78 is 19.1. The van der Waals surface area contributed by atoms with Crippen LogP contribution in [0.4, 0.5) is 0 Å². The highest BCUT2D eigenvalue weighted by atomic mass is 35.5. The fraction of sp³-hybridized carbons (Fsp3) is 0.115. The van der Waals surface area contributed by atoms with Gasteiger partial charge in [0.2, 0.25) is 5.78 Å². The van der Waals surface area contributed by atoms with Crippen molar-refractivity contribution in [2.75, 3.05) is 7.11 Å². The van der Waals surface area contributed by atoms with Crippen molar-refractivity contribution in [1.29, 1.82) is 0 Å². The number of hydrogen-bond donors (Lipinski definition) is 0. The van der Waals surface area contributed by atoms with Gasteiger partial charge in [-0.2, -0.15) is 0 Å². The van der Waals surface area contributed by atoms with Crippen LogP contribution in [-0.4, -0.2) is 17.5 Å². The number of ketones is 1. The van der Waals surface area contributed by atoms with E-state index in [2.05, 4.69) is 0 Å². The number of carbonyl (C=O) groups excluding carboxylic acids is 1. The fourth-order valence-corrected chi connectivity index (χ4v) is 3.92. The first kappa shape index (κ1) is 20.2. The second kappa shape index (κ2) is 8.09. The SMILES string of the molecule is COc1ccc2c(c1)c(C=C1Oc3cc(OCc4ccc(Cl)cc4)ccc3C1=O)cn2C. The van der Waals surface area contributed by atoms with Gasteiger partial charge in [0.15, 0.2) is 5.76 Å². The number of rotatable bonds is 5. The third-order valence-electron chi connectivity index (χ3n) is 5.47. The Bertz CT molecular complexity index is 1370. The molecule has 0 atom stereocenters. The van der Waals surface area contributed by atoms with E-state index in [4.69, 9.17) is 25.8 Å². The standard InChI is InChI=1S/C26H20ClNO4/c1-28-14-17(22-12-19(30-2)8-10-23(22)28)11-25-26(29)21-9-7-20(13-24(21)32-25)31-15-16-3-5-18(27)6-4-16/h3-14H,15H2,1-2H3. The Morgan fingerprint density at radius 1 is 1.03 bits per heavy atom. The van der Waals surface area contributed by atoms with E-state index in [1.165, 1.54) is 0 Å². The Morgan fingerprint density at radius 3 is 2.59 bits per heavy atom. The van der Waals surface area contributed by atoms with E-state index in [1.54, 1.807) is 31.4 Å². The number of allylic oxidation sites excluding steroid dienone is 1. The molecular weight excluding hydrogens is 426 g/mol. The molecule has 0 saturated heterocycles. The summed E-state index contributed by atoms with van der Waals surface area (Å²) in [6, 6.07) is 18.6. The molecule has 0 radical (unpaired) electrons. The smallest absolute Gasteiger partial charge is 0.231 e. The van der Waals surface area contributed by atoms with E-state index in [-0.39, 0.29) is 11.5 Å². The largest absolute Gasteiger partial charge is 0.497 e. The number of nitrogens with zero attached hydrogens (tertiary/aromatic N) is 1. The number of methoxy groups -OCH3 is 1. The molecule has 3 aromatic carbocycles. The minimum Gasteiger partial charge on any atom is -0.497 e. The van der Waals surface area contributed by atoms with Gasteiger partial charge in [-0.1, -0.05) is 23.7 Å². The van der Waals surface area contributed by atoms with Crippen LogP contribution in [0.1, 0.15) is 21.5 Å². The van der Waals surface area contributed by atoms with Crippen LogP contribution in [-0.2, 0) is 13.7 Å². The van der Waals surface area contributed by atoms with Crippen LogP contribution < -0.4 is 14.2 Å². The second-order valence-electron chi connectivity index (χ2n) is 7.59. The van der Waals surface area contributed by atoms with Crippen molar-refractivity contribution in [3.05, 3.63) is 94.3 Å². The molecule has 5 nitrogen and oxygen atoms in total. The first-order valence-corrected chi connectivity index (χ1v) is 10.5. The van der Waals surface area contributed by atoms with Gasteiger partial charge >= 0.3 is 0 Å². The zero-order valence-electron chi connectivity index (χ0n) is 17.6. The molecule has 1 aromatic heterocycles. The Kier molecular flexibility index (Phi) is 5.11. The highest BCUT2D eigenvalue weighted by molar-refractivity contribution is 6.30. The van der Waals surface area contributed by atoms with E-state index in [0.29, 0.717) is 28.7 Å². The van der Waals surface area contributed by atoms with Crippen molar-refractivity contribution in [3.63, 3.8) is 0 Å². The molecule has 0 spiro atoms. The molecule has 0 bridgehead atoms. The van der Waals surface area contributed by atoms with Crippen LogP contribution in [0.2, 0.25) is 5.02 Å². The molecule has 32 heavy (non-hydrogen) atoms. The summed E-state index contributed by atoms with van der Waals surface area (Å²) in [6.07, 6.45) is 3.75. The van der Waals surface area contributed by atoms with Crippen molar-refractivity contribution in [1.82, 2.24) is 4.57 Å². The summed E-state index contributed by atoms with van der Waals surface area (Å²) in [4.78, 5) is 12.9. The minimum absolute atomic E-state index is 0.149. The molecular formula is C26H20ClNO4. The van der Waals surface area contributed by atoms with Crippen molar-refractivity contribution in [2.45, 2.75) is 6.61 Å². The van der Waals surface area contributed by atoms with Gasteiger partial charge < -0.3 is 18.8 Å². The molecule has 0 N–H and O–H groups in total. The van der Waals surface area contributed by atoms with Crippen molar-refractivity contribution < 1.29 is 19.0 Å². The summed E-state index contributed by atoms with van der Waals surface area (Å²) in [7, 11) is 3.60. The number of Topliss-reactive ketones (excluding diaryl/α,β-unsaturated/α-hetero) is 1. The molecule has 0 aliphatic carbocycles. The number of halogens is 1. The lowest BCUT2D eigenvalue weighted by Gasteiger charge is -2.07. The van der Waals surface area contributed by atoms with Gasteiger partial charge in [-0.15, -0.1) is 0 Å². The molecule has 1 aliphatic heterocycles.